The molecule has 2 nitrogen and oxygen atoms in total. The first kappa shape index (κ1) is 11.9. The smallest absolute Gasteiger partial charge is 0.136 e. The van der Waals surface area contributed by atoms with Gasteiger partial charge in [0.15, 0.2) is 0 Å². The van der Waals surface area contributed by atoms with Crippen LogP contribution in [0, 0.1) is 5.92 Å². The summed E-state index contributed by atoms with van der Waals surface area (Å²) >= 11 is 6.52. The van der Waals surface area contributed by atoms with Crippen LogP contribution in [-0.4, -0.2) is 34.9 Å². The molecule has 0 saturated heterocycles. The third-order valence-electron chi connectivity index (χ3n) is 1.39. The van der Waals surface area contributed by atoms with E-state index in [1.807, 2.05) is 32.8 Å². The van der Waals surface area contributed by atoms with Crippen molar-refractivity contribution in [3.05, 3.63) is 0 Å². The van der Waals surface area contributed by atoms with E-state index in [0.717, 1.165) is 10.6 Å². The maximum absolute atomic E-state index is 10.6. The van der Waals surface area contributed by atoms with Crippen LogP contribution in [0.15, 0.2) is 0 Å². The van der Waals surface area contributed by atoms with Crippen molar-refractivity contribution in [1.82, 2.24) is 4.90 Å². The van der Waals surface area contributed by atoms with Crippen molar-refractivity contribution < 1.29 is 4.79 Å². The van der Waals surface area contributed by atoms with Gasteiger partial charge < -0.3 is 9.69 Å². The lowest BCUT2D eigenvalue weighted by Crippen LogP contribution is -2.22. The number of rotatable bonds is 3. The molecule has 4 heteroatoms. The van der Waals surface area contributed by atoms with Gasteiger partial charge in [0, 0.05) is 14.1 Å². The number of hydrogen-bond donors (Lipinski definition) is 0. The first-order valence-corrected chi connectivity index (χ1v) is 5.11. The van der Waals surface area contributed by atoms with E-state index in [2.05, 4.69) is 0 Å². The summed E-state index contributed by atoms with van der Waals surface area (Å²) in [4.78, 5) is 12.5. The summed E-state index contributed by atoms with van der Waals surface area (Å²) in [5.74, 6) is 0.338. The molecule has 0 aliphatic heterocycles. The van der Waals surface area contributed by atoms with Gasteiger partial charge in [-0.2, -0.15) is 0 Å². The van der Waals surface area contributed by atoms with E-state index in [1.54, 1.807) is 0 Å². The lowest BCUT2D eigenvalue weighted by molar-refractivity contribution is -0.107. The van der Waals surface area contributed by atoms with E-state index in [4.69, 9.17) is 12.2 Å². The van der Waals surface area contributed by atoms with Gasteiger partial charge >= 0.3 is 0 Å². The van der Waals surface area contributed by atoms with Gasteiger partial charge in [-0.3, -0.25) is 0 Å². The summed E-state index contributed by atoms with van der Waals surface area (Å²) < 4.78 is 0.765. The Hall–Kier alpha value is -0.0900. The topological polar surface area (TPSA) is 20.3 Å². The van der Waals surface area contributed by atoms with E-state index in [9.17, 15) is 4.79 Å². The van der Waals surface area contributed by atoms with Crippen LogP contribution in [0.5, 0.6) is 0 Å². The van der Waals surface area contributed by atoms with E-state index < -0.39 is 0 Å². The summed E-state index contributed by atoms with van der Waals surface area (Å²) in [7, 11) is 3.77. The average molecular weight is 205 g/mol. The SMILES string of the molecule is CC(C)C(C=O)SC(=S)N(C)C. The molecule has 0 heterocycles. The molecular weight excluding hydrogens is 190 g/mol. The van der Waals surface area contributed by atoms with Crippen molar-refractivity contribution in [2.24, 2.45) is 5.92 Å². The minimum Gasteiger partial charge on any atom is -0.364 e. The molecule has 1 atom stereocenters. The van der Waals surface area contributed by atoms with E-state index in [-0.39, 0.29) is 5.25 Å². The van der Waals surface area contributed by atoms with Crippen molar-refractivity contribution in [2.75, 3.05) is 14.1 Å². The van der Waals surface area contributed by atoms with E-state index in [0.29, 0.717) is 5.92 Å². The monoisotopic (exact) mass is 205 g/mol. The Morgan fingerprint density at radius 3 is 2.25 bits per heavy atom. The molecule has 0 amide bonds. The number of thioether (sulfide) groups is 1. The van der Waals surface area contributed by atoms with Crippen molar-refractivity contribution in [3.63, 3.8) is 0 Å². The minimum atomic E-state index is -0.0140. The van der Waals surface area contributed by atoms with E-state index >= 15 is 0 Å². The highest BCUT2D eigenvalue weighted by Crippen LogP contribution is 2.19. The molecule has 0 aromatic carbocycles. The quantitative estimate of drug-likeness (QED) is 0.517. The number of aldehydes is 1. The zero-order valence-electron chi connectivity index (χ0n) is 7.90. The number of hydrogen-bond acceptors (Lipinski definition) is 3. The zero-order chi connectivity index (χ0) is 9.72. The Balaban J connectivity index is 4.03. The first-order chi connectivity index (χ1) is 5.49. The fraction of sp³-hybridized carbons (Fsp3) is 0.750. The molecule has 0 bridgehead atoms. The number of nitrogens with zero attached hydrogens (tertiary/aromatic N) is 1. The van der Waals surface area contributed by atoms with Gasteiger partial charge in [0.1, 0.15) is 10.6 Å². The fourth-order valence-electron chi connectivity index (χ4n) is 0.543. The van der Waals surface area contributed by atoms with Gasteiger partial charge in [0.25, 0.3) is 0 Å². The second-order valence-electron chi connectivity index (χ2n) is 3.12. The second kappa shape index (κ2) is 5.54. The van der Waals surface area contributed by atoms with Crippen LogP contribution >= 0.6 is 24.0 Å². The van der Waals surface area contributed by atoms with Crippen molar-refractivity contribution in [2.45, 2.75) is 19.1 Å². The third-order valence-corrected chi connectivity index (χ3v) is 3.54. The highest BCUT2D eigenvalue weighted by atomic mass is 32.2. The number of carbonyl (C=O) groups excluding carboxylic acids is 1. The van der Waals surface area contributed by atoms with Crippen LogP contribution in [0.4, 0.5) is 0 Å². The molecule has 0 aromatic heterocycles. The Kier molecular flexibility index (Phi) is 5.50. The predicted octanol–water partition coefficient (Wildman–Crippen LogP) is 1.79. The van der Waals surface area contributed by atoms with Crippen molar-refractivity contribution >= 4 is 34.6 Å². The Bertz CT molecular complexity index is 168. The molecule has 0 saturated carbocycles. The van der Waals surface area contributed by atoms with Gasteiger partial charge in [0.05, 0.1) is 5.25 Å². The number of carbonyl (C=O) groups is 1. The second-order valence-corrected chi connectivity index (χ2v) is 4.93. The van der Waals surface area contributed by atoms with Crippen LogP contribution < -0.4 is 0 Å². The normalized spacial score (nSPS) is 12.8. The highest BCUT2D eigenvalue weighted by molar-refractivity contribution is 8.23. The highest BCUT2D eigenvalue weighted by Gasteiger charge is 2.15. The molecule has 0 spiro atoms. The third kappa shape index (κ3) is 4.07. The molecule has 1 unspecified atom stereocenters. The van der Waals surface area contributed by atoms with Crippen LogP contribution in [0.2, 0.25) is 0 Å². The molecule has 0 N–H and O–H groups in total. The largest absolute Gasteiger partial charge is 0.364 e. The summed E-state index contributed by atoms with van der Waals surface area (Å²) in [6.07, 6.45) is 0.963. The van der Waals surface area contributed by atoms with Crippen LogP contribution in [0.25, 0.3) is 0 Å². The Labute approximate surface area is 83.7 Å². The number of thiocarbonyl (C=S) groups is 1. The van der Waals surface area contributed by atoms with E-state index in [1.165, 1.54) is 11.8 Å². The summed E-state index contributed by atoms with van der Waals surface area (Å²) in [6, 6.07) is 0. The lowest BCUT2D eigenvalue weighted by atomic mass is 10.1. The maximum Gasteiger partial charge on any atom is 0.136 e. The van der Waals surface area contributed by atoms with Crippen molar-refractivity contribution in [3.8, 4) is 0 Å². The average Bonchev–Trinajstić information content (AvgIpc) is 1.98. The summed E-state index contributed by atoms with van der Waals surface area (Å²) in [6.45, 7) is 4.04. The zero-order valence-corrected chi connectivity index (χ0v) is 9.54. The van der Waals surface area contributed by atoms with Crippen LogP contribution in [0.3, 0.4) is 0 Å². The molecular formula is C8H15NOS2. The lowest BCUT2D eigenvalue weighted by Gasteiger charge is -2.18. The first-order valence-electron chi connectivity index (χ1n) is 3.82. The standard InChI is InChI=1S/C8H15NOS2/c1-6(2)7(5-10)12-8(11)9(3)4/h5-7H,1-4H3. The van der Waals surface area contributed by atoms with Gasteiger partial charge in [-0.05, 0) is 5.92 Å². The molecule has 0 rings (SSSR count). The molecule has 0 radical (unpaired) electrons. The van der Waals surface area contributed by atoms with Crippen LogP contribution in [-0.2, 0) is 4.79 Å². The Morgan fingerprint density at radius 2 is 2.00 bits per heavy atom. The van der Waals surface area contributed by atoms with Gasteiger partial charge in [-0.15, -0.1) is 0 Å². The predicted molar refractivity (Wildman–Crippen MR) is 58.6 cm³/mol. The molecule has 12 heavy (non-hydrogen) atoms. The fourth-order valence-corrected chi connectivity index (χ4v) is 1.65. The van der Waals surface area contributed by atoms with Gasteiger partial charge in [-0.25, -0.2) is 0 Å². The van der Waals surface area contributed by atoms with Gasteiger partial charge in [-0.1, -0.05) is 37.8 Å². The van der Waals surface area contributed by atoms with Gasteiger partial charge in [0.2, 0.25) is 0 Å². The van der Waals surface area contributed by atoms with Crippen molar-refractivity contribution in [1.29, 1.82) is 0 Å². The molecule has 0 aliphatic carbocycles. The maximum atomic E-state index is 10.6. The van der Waals surface area contributed by atoms with Crippen LogP contribution in [0.1, 0.15) is 13.8 Å². The minimum absolute atomic E-state index is 0.0140. The molecule has 0 fully saturated rings. The Morgan fingerprint density at radius 1 is 1.50 bits per heavy atom. The molecule has 70 valence electrons. The molecule has 0 aliphatic rings. The summed E-state index contributed by atoms with van der Waals surface area (Å²) in [5.41, 5.74) is 0. The summed E-state index contributed by atoms with van der Waals surface area (Å²) in [5, 5.41) is -0.0140. The molecule has 0 aromatic rings.